The Morgan fingerprint density at radius 3 is 3.00 bits per heavy atom. The second-order valence-corrected chi connectivity index (χ2v) is 5.60. The van der Waals surface area contributed by atoms with Gasteiger partial charge in [-0.25, -0.2) is 0 Å². The second kappa shape index (κ2) is 4.51. The third-order valence-corrected chi connectivity index (χ3v) is 4.14. The molecular weight excluding hydrogens is 228 g/mol. The predicted molar refractivity (Wildman–Crippen MR) is 73.0 cm³/mol. The summed E-state index contributed by atoms with van der Waals surface area (Å²) in [5.74, 6) is 0. The van der Waals surface area contributed by atoms with Crippen molar-refractivity contribution in [1.82, 2.24) is 4.90 Å². The fourth-order valence-electron chi connectivity index (χ4n) is 2.39. The number of anilines is 1. The van der Waals surface area contributed by atoms with Gasteiger partial charge in [0.05, 0.1) is 0 Å². The molecule has 0 saturated heterocycles. The first-order valence-electron chi connectivity index (χ1n) is 5.93. The number of benzene rings is 1. The fraction of sp³-hybridized carbons (Fsp3) is 0.286. The van der Waals surface area contributed by atoms with Gasteiger partial charge in [-0.2, -0.15) is 0 Å². The van der Waals surface area contributed by atoms with Gasteiger partial charge < -0.3 is 5.73 Å². The zero-order valence-electron chi connectivity index (χ0n) is 9.73. The van der Waals surface area contributed by atoms with E-state index < -0.39 is 0 Å². The van der Waals surface area contributed by atoms with E-state index >= 15 is 0 Å². The third-order valence-electron chi connectivity index (χ3n) is 3.28. The molecule has 2 aromatic rings. The summed E-state index contributed by atoms with van der Waals surface area (Å²) in [6, 6.07) is 10.6. The molecule has 0 amide bonds. The van der Waals surface area contributed by atoms with Crippen LogP contribution < -0.4 is 5.73 Å². The topological polar surface area (TPSA) is 29.3 Å². The molecule has 1 aliphatic heterocycles. The van der Waals surface area contributed by atoms with Crippen LogP contribution in [-0.2, 0) is 19.5 Å². The van der Waals surface area contributed by atoms with Gasteiger partial charge in [-0.1, -0.05) is 12.1 Å². The zero-order chi connectivity index (χ0) is 11.7. The molecule has 0 aliphatic carbocycles. The van der Waals surface area contributed by atoms with Gasteiger partial charge in [-0.3, -0.25) is 4.90 Å². The van der Waals surface area contributed by atoms with Crippen LogP contribution in [0.25, 0.3) is 0 Å². The lowest BCUT2D eigenvalue weighted by Gasteiger charge is -2.28. The molecule has 0 atom stereocenters. The molecule has 0 saturated carbocycles. The average molecular weight is 244 g/mol. The molecule has 2 heterocycles. The monoisotopic (exact) mass is 244 g/mol. The van der Waals surface area contributed by atoms with Crippen LogP contribution in [0.5, 0.6) is 0 Å². The van der Waals surface area contributed by atoms with Gasteiger partial charge in [-0.15, -0.1) is 11.3 Å². The first-order chi connectivity index (χ1) is 8.31. The number of nitrogens with zero attached hydrogens (tertiary/aromatic N) is 1. The summed E-state index contributed by atoms with van der Waals surface area (Å²) in [5, 5.41) is 2.14. The van der Waals surface area contributed by atoms with Crippen LogP contribution in [0, 0.1) is 0 Å². The number of thiophene rings is 1. The number of fused-ring (bicyclic) bond motifs is 1. The maximum absolute atomic E-state index is 5.85. The molecular formula is C14H16N2S. The van der Waals surface area contributed by atoms with E-state index in [0.717, 1.165) is 31.7 Å². The maximum atomic E-state index is 5.85. The molecule has 1 aromatic carbocycles. The van der Waals surface area contributed by atoms with Crippen LogP contribution in [0.4, 0.5) is 5.69 Å². The Kier molecular flexibility index (Phi) is 2.87. The van der Waals surface area contributed by atoms with E-state index in [0.29, 0.717) is 0 Å². The lowest BCUT2D eigenvalue weighted by molar-refractivity contribution is 0.248. The molecule has 0 spiro atoms. The van der Waals surface area contributed by atoms with Crippen molar-refractivity contribution >= 4 is 17.0 Å². The van der Waals surface area contributed by atoms with E-state index in [1.165, 1.54) is 16.0 Å². The highest BCUT2D eigenvalue weighted by molar-refractivity contribution is 7.09. The highest BCUT2D eigenvalue weighted by Crippen LogP contribution is 2.23. The van der Waals surface area contributed by atoms with Gasteiger partial charge in [0.2, 0.25) is 0 Å². The summed E-state index contributed by atoms with van der Waals surface area (Å²) >= 11 is 1.83. The van der Waals surface area contributed by atoms with Gasteiger partial charge in [0.25, 0.3) is 0 Å². The van der Waals surface area contributed by atoms with Crippen LogP contribution in [0.1, 0.15) is 16.0 Å². The van der Waals surface area contributed by atoms with Crippen LogP contribution in [-0.4, -0.2) is 11.4 Å². The van der Waals surface area contributed by atoms with Crippen molar-refractivity contribution in [3.05, 3.63) is 51.7 Å². The fourth-order valence-corrected chi connectivity index (χ4v) is 3.14. The Balaban J connectivity index is 1.76. The van der Waals surface area contributed by atoms with Gasteiger partial charge in [0.1, 0.15) is 0 Å². The van der Waals surface area contributed by atoms with Gasteiger partial charge in [-0.05, 0) is 41.1 Å². The van der Waals surface area contributed by atoms with Crippen molar-refractivity contribution in [2.24, 2.45) is 0 Å². The third kappa shape index (κ3) is 2.35. The van der Waals surface area contributed by atoms with E-state index in [-0.39, 0.29) is 0 Å². The zero-order valence-corrected chi connectivity index (χ0v) is 10.5. The molecule has 17 heavy (non-hydrogen) atoms. The highest BCUT2D eigenvalue weighted by Gasteiger charge is 2.16. The quantitative estimate of drug-likeness (QED) is 0.823. The van der Waals surface area contributed by atoms with Crippen LogP contribution in [0.3, 0.4) is 0 Å². The van der Waals surface area contributed by atoms with E-state index in [2.05, 4.69) is 34.5 Å². The van der Waals surface area contributed by atoms with E-state index in [9.17, 15) is 0 Å². The highest BCUT2D eigenvalue weighted by atomic mass is 32.1. The summed E-state index contributed by atoms with van der Waals surface area (Å²) < 4.78 is 0. The van der Waals surface area contributed by atoms with E-state index in [1.54, 1.807) is 0 Å². The summed E-state index contributed by atoms with van der Waals surface area (Å²) in [6.45, 7) is 3.24. The van der Waals surface area contributed by atoms with Crippen molar-refractivity contribution in [3.8, 4) is 0 Å². The Hall–Kier alpha value is -1.32. The second-order valence-electron chi connectivity index (χ2n) is 4.57. The van der Waals surface area contributed by atoms with E-state index in [1.807, 2.05) is 17.4 Å². The van der Waals surface area contributed by atoms with Crippen molar-refractivity contribution < 1.29 is 0 Å². The Morgan fingerprint density at radius 1 is 1.24 bits per heavy atom. The van der Waals surface area contributed by atoms with E-state index in [4.69, 9.17) is 5.73 Å². The molecule has 0 bridgehead atoms. The van der Waals surface area contributed by atoms with Gasteiger partial charge in [0.15, 0.2) is 0 Å². The molecule has 3 rings (SSSR count). The number of nitrogen functional groups attached to an aromatic ring is 1. The SMILES string of the molecule is Nc1ccc2c(c1)CN(Cc1cccs1)CC2. The van der Waals surface area contributed by atoms with Crippen molar-refractivity contribution in [2.45, 2.75) is 19.5 Å². The van der Waals surface area contributed by atoms with Crippen LogP contribution >= 0.6 is 11.3 Å². The van der Waals surface area contributed by atoms with Gasteiger partial charge >= 0.3 is 0 Å². The molecule has 1 aliphatic rings. The summed E-state index contributed by atoms with van der Waals surface area (Å²) in [5.41, 5.74) is 9.58. The molecule has 0 fully saturated rings. The number of rotatable bonds is 2. The molecule has 1 aromatic heterocycles. The van der Waals surface area contributed by atoms with Gasteiger partial charge in [0, 0.05) is 30.2 Å². The number of nitrogens with two attached hydrogens (primary N) is 1. The lowest BCUT2D eigenvalue weighted by atomic mass is 9.99. The number of hydrogen-bond acceptors (Lipinski definition) is 3. The normalized spacial score (nSPS) is 15.8. The number of hydrogen-bond donors (Lipinski definition) is 1. The smallest absolute Gasteiger partial charge is 0.0331 e. The molecule has 3 heteroatoms. The van der Waals surface area contributed by atoms with Crippen molar-refractivity contribution in [2.75, 3.05) is 12.3 Å². The van der Waals surface area contributed by atoms with Crippen molar-refractivity contribution in [3.63, 3.8) is 0 Å². The maximum Gasteiger partial charge on any atom is 0.0331 e. The van der Waals surface area contributed by atoms with Crippen LogP contribution in [0.15, 0.2) is 35.7 Å². The first kappa shape index (κ1) is 10.8. The minimum atomic E-state index is 0.877. The summed E-state index contributed by atoms with van der Waals surface area (Å²) in [7, 11) is 0. The largest absolute Gasteiger partial charge is 0.399 e. The molecule has 2 nitrogen and oxygen atoms in total. The molecule has 0 unspecified atom stereocenters. The minimum absolute atomic E-state index is 0.877. The standard InChI is InChI=1S/C14H16N2S/c15-13-4-3-11-5-6-16(9-12(11)8-13)10-14-2-1-7-17-14/h1-4,7-8H,5-6,9-10,15H2. The summed E-state index contributed by atoms with van der Waals surface area (Å²) in [6.07, 6.45) is 1.14. The Labute approximate surface area is 106 Å². The van der Waals surface area contributed by atoms with Crippen LogP contribution in [0.2, 0.25) is 0 Å². The molecule has 0 radical (unpaired) electrons. The Bertz CT molecular complexity index is 505. The lowest BCUT2D eigenvalue weighted by Crippen LogP contribution is -2.29. The minimum Gasteiger partial charge on any atom is -0.399 e. The molecule has 88 valence electrons. The first-order valence-corrected chi connectivity index (χ1v) is 6.81. The molecule has 2 N–H and O–H groups in total. The summed E-state index contributed by atoms with van der Waals surface area (Å²) in [4.78, 5) is 3.94. The Morgan fingerprint density at radius 2 is 2.18 bits per heavy atom. The van der Waals surface area contributed by atoms with Crippen molar-refractivity contribution in [1.29, 1.82) is 0 Å². The average Bonchev–Trinajstić information content (AvgIpc) is 2.81. The predicted octanol–water partition coefficient (Wildman–Crippen LogP) is 2.89.